The summed E-state index contributed by atoms with van der Waals surface area (Å²) in [6.45, 7) is 9.59. The Kier molecular flexibility index (Phi) is 9.55. The van der Waals surface area contributed by atoms with Crippen molar-refractivity contribution in [2.75, 3.05) is 33.2 Å². The molecule has 2 aliphatic rings. The number of carbonyl (C=O) groups excluding carboxylic acids is 3. The number of benzene rings is 1. The summed E-state index contributed by atoms with van der Waals surface area (Å²) in [7, 11) is 1.76. The molecule has 6 nitrogen and oxygen atoms in total. The van der Waals surface area contributed by atoms with Crippen LogP contribution >= 0.6 is 11.6 Å². The van der Waals surface area contributed by atoms with E-state index >= 15 is 0 Å². The minimum atomic E-state index is 0.0147. The van der Waals surface area contributed by atoms with E-state index in [0.29, 0.717) is 36.7 Å². The van der Waals surface area contributed by atoms with E-state index in [1.807, 2.05) is 12.1 Å². The molecule has 0 aromatic heterocycles. The zero-order chi connectivity index (χ0) is 24.8. The Morgan fingerprint density at radius 2 is 1.79 bits per heavy atom. The molecule has 1 aromatic carbocycles. The van der Waals surface area contributed by atoms with Crippen molar-refractivity contribution < 1.29 is 14.4 Å². The summed E-state index contributed by atoms with van der Waals surface area (Å²) in [4.78, 5) is 42.9. The van der Waals surface area contributed by atoms with Crippen LogP contribution in [0, 0.1) is 12.8 Å². The third-order valence-electron chi connectivity index (χ3n) is 7.55. The first kappa shape index (κ1) is 26.7. The van der Waals surface area contributed by atoms with Crippen molar-refractivity contribution in [1.29, 1.82) is 0 Å². The standard InChI is InChI=1S/C27H40ClN3O3/c1-19-17-30(12-13-31(19)27(34)22-8-5-6-9-22)18-24-15-25(28)14-23(20(24)2)16-26(33)10-7-11-29(4)21(3)32/h14-15,19,22H,5-13,16-18H2,1-4H3/t19-/m0/s1. The Morgan fingerprint density at radius 3 is 2.44 bits per heavy atom. The number of ketones is 1. The Bertz CT molecular complexity index is 897. The second-order valence-electron chi connectivity index (χ2n) is 10.2. The van der Waals surface area contributed by atoms with Gasteiger partial charge in [-0.15, -0.1) is 0 Å². The minimum absolute atomic E-state index is 0.0147. The molecule has 0 N–H and O–H groups in total. The quantitative estimate of drug-likeness (QED) is 0.520. The molecule has 1 saturated carbocycles. The van der Waals surface area contributed by atoms with Crippen molar-refractivity contribution in [3.8, 4) is 0 Å². The van der Waals surface area contributed by atoms with Crippen LogP contribution in [0.4, 0.5) is 0 Å². The van der Waals surface area contributed by atoms with Crippen LogP contribution in [0.25, 0.3) is 0 Å². The van der Waals surface area contributed by atoms with Gasteiger partial charge in [0.15, 0.2) is 0 Å². The molecule has 2 fully saturated rings. The molecule has 0 bridgehead atoms. The maximum Gasteiger partial charge on any atom is 0.226 e. The molecule has 7 heteroatoms. The molecule has 2 amide bonds. The lowest BCUT2D eigenvalue weighted by molar-refractivity contribution is -0.140. The van der Waals surface area contributed by atoms with Gasteiger partial charge in [0.25, 0.3) is 0 Å². The molecular weight excluding hydrogens is 450 g/mol. The predicted molar refractivity (Wildman–Crippen MR) is 136 cm³/mol. The molecule has 1 atom stereocenters. The van der Waals surface area contributed by atoms with Crippen molar-refractivity contribution in [2.24, 2.45) is 5.92 Å². The van der Waals surface area contributed by atoms with Crippen LogP contribution in [0.1, 0.15) is 69.1 Å². The first-order valence-corrected chi connectivity index (χ1v) is 13.1. The summed E-state index contributed by atoms with van der Waals surface area (Å²) in [5.41, 5.74) is 3.25. The van der Waals surface area contributed by atoms with E-state index in [4.69, 9.17) is 11.6 Å². The molecule has 0 radical (unpaired) electrons. The second-order valence-corrected chi connectivity index (χ2v) is 10.6. The lowest BCUT2D eigenvalue weighted by Gasteiger charge is -2.41. The predicted octanol–water partition coefficient (Wildman–Crippen LogP) is 4.24. The monoisotopic (exact) mass is 489 g/mol. The largest absolute Gasteiger partial charge is 0.346 e. The SMILES string of the molecule is CC(=O)N(C)CCCC(=O)Cc1cc(Cl)cc(CN2CCN(C(=O)C3CCCC3)[C@@H](C)C2)c1C. The van der Waals surface area contributed by atoms with Crippen LogP contribution in [0.3, 0.4) is 0 Å². The topological polar surface area (TPSA) is 60.9 Å². The van der Waals surface area contributed by atoms with Gasteiger partial charge in [-0.25, -0.2) is 0 Å². The zero-order valence-electron chi connectivity index (χ0n) is 21.2. The highest BCUT2D eigenvalue weighted by molar-refractivity contribution is 6.30. The second kappa shape index (κ2) is 12.2. The van der Waals surface area contributed by atoms with Gasteiger partial charge in [-0.1, -0.05) is 24.4 Å². The number of hydrogen-bond acceptors (Lipinski definition) is 4. The average molecular weight is 490 g/mol. The van der Waals surface area contributed by atoms with E-state index in [-0.39, 0.29) is 23.7 Å². The van der Waals surface area contributed by atoms with Crippen molar-refractivity contribution in [3.05, 3.63) is 33.8 Å². The molecule has 0 unspecified atom stereocenters. The fraction of sp³-hybridized carbons (Fsp3) is 0.667. The van der Waals surface area contributed by atoms with Gasteiger partial charge in [0, 0.05) is 76.5 Å². The van der Waals surface area contributed by atoms with Gasteiger partial charge in [-0.2, -0.15) is 0 Å². The van der Waals surface area contributed by atoms with Crippen LogP contribution in [0.2, 0.25) is 5.02 Å². The van der Waals surface area contributed by atoms with Gasteiger partial charge in [-0.3, -0.25) is 19.3 Å². The van der Waals surface area contributed by atoms with Crippen LogP contribution in [0.15, 0.2) is 12.1 Å². The van der Waals surface area contributed by atoms with E-state index in [0.717, 1.165) is 55.7 Å². The van der Waals surface area contributed by atoms with E-state index < -0.39 is 0 Å². The Morgan fingerprint density at radius 1 is 1.12 bits per heavy atom. The van der Waals surface area contributed by atoms with Crippen molar-refractivity contribution in [1.82, 2.24) is 14.7 Å². The highest BCUT2D eigenvalue weighted by atomic mass is 35.5. The first-order chi connectivity index (χ1) is 16.2. The average Bonchev–Trinajstić information content (AvgIpc) is 3.31. The molecule has 1 aliphatic heterocycles. The molecule has 0 spiro atoms. The summed E-state index contributed by atoms with van der Waals surface area (Å²) in [5.74, 6) is 0.757. The third kappa shape index (κ3) is 7.05. The summed E-state index contributed by atoms with van der Waals surface area (Å²) in [6.07, 6.45) is 5.93. The van der Waals surface area contributed by atoms with Gasteiger partial charge in [0.1, 0.15) is 5.78 Å². The van der Waals surface area contributed by atoms with Crippen LogP contribution in [-0.2, 0) is 27.3 Å². The van der Waals surface area contributed by atoms with E-state index in [1.165, 1.54) is 19.8 Å². The summed E-state index contributed by atoms with van der Waals surface area (Å²) < 4.78 is 0. The molecule has 1 saturated heterocycles. The van der Waals surface area contributed by atoms with Gasteiger partial charge in [-0.05, 0) is 61.9 Å². The van der Waals surface area contributed by atoms with Gasteiger partial charge >= 0.3 is 0 Å². The van der Waals surface area contributed by atoms with E-state index in [1.54, 1.807) is 11.9 Å². The fourth-order valence-electron chi connectivity index (χ4n) is 5.27. The van der Waals surface area contributed by atoms with Crippen molar-refractivity contribution in [3.63, 3.8) is 0 Å². The van der Waals surface area contributed by atoms with Gasteiger partial charge in [0.05, 0.1) is 0 Å². The Labute approximate surface area is 209 Å². The van der Waals surface area contributed by atoms with Crippen LogP contribution in [-0.4, -0.2) is 71.6 Å². The maximum absolute atomic E-state index is 12.9. The highest BCUT2D eigenvalue weighted by Gasteiger charge is 2.33. The van der Waals surface area contributed by atoms with Gasteiger partial charge < -0.3 is 9.80 Å². The minimum Gasteiger partial charge on any atom is -0.346 e. The number of piperazine rings is 1. The van der Waals surface area contributed by atoms with Crippen LogP contribution < -0.4 is 0 Å². The maximum atomic E-state index is 12.9. The molecular formula is C27H40ClN3O3. The number of Topliss-reactive ketones (excluding diaryl/α,β-unsaturated/α-hetero) is 1. The van der Waals surface area contributed by atoms with Gasteiger partial charge in [0.2, 0.25) is 11.8 Å². The third-order valence-corrected chi connectivity index (χ3v) is 7.77. The summed E-state index contributed by atoms with van der Waals surface area (Å²) >= 11 is 6.44. The number of carbonyl (C=O) groups is 3. The zero-order valence-corrected chi connectivity index (χ0v) is 22.0. The summed E-state index contributed by atoms with van der Waals surface area (Å²) in [5, 5.41) is 0.655. The lowest BCUT2D eigenvalue weighted by atomic mass is 9.96. The lowest BCUT2D eigenvalue weighted by Crippen LogP contribution is -2.54. The number of rotatable bonds is 9. The van der Waals surface area contributed by atoms with Crippen LogP contribution in [0.5, 0.6) is 0 Å². The number of amides is 2. The highest BCUT2D eigenvalue weighted by Crippen LogP contribution is 2.29. The molecule has 1 heterocycles. The smallest absolute Gasteiger partial charge is 0.226 e. The summed E-state index contributed by atoms with van der Waals surface area (Å²) in [6, 6.07) is 4.12. The number of hydrogen-bond donors (Lipinski definition) is 0. The van der Waals surface area contributed by atoms with E-state index in [9.17, 15) is 14.4 Å². The molecule has 1 aromatic rings. The molecule has 1 aliphatic carbocycles. The fourth-order valence-corrected chi connectivity index (χ4v) is 5.53. The van der Waals surface area contributed by atoms with Crippen molar-refractivity contribution >= 4 is 29.2 Å². The Hall–Kier alpha value is -1.92. The molecule has 188 valence electrons. The number of halogens is 1. The van der Waals surface area contributed by atoms with E-state index in [2.05, 4.69) is 23.6 Å². The molecule has 3 rings (SSSR count). The first-order valence-electron chi connectivity index (χ1n) is 12.7. The Balaban J connectivity index is 1.56. The van der Waals surface area contributed by atoms with Crippen molar-refractivity contribution in [2.45, 2.75) is 78.3 Å². The number of nitrogens with zero attached hydrogens (tertiary/aromatic N) is 3. The molecule has 34 heavy (non-hydrogen) atoms. The normalized spacial score (nSPS) is 19.4.